The molecule has 0 saturated carbocycles. The van der Waals surface area contributed by atoms with Gasteiger partial charge in [0.2, 0.25) is 0 Å². The van der Waals surface area contributed by atoms with Crippen molar-refractivity contribution in [1.82, 2.24) is 0 Å². The van der Waals surface area contributed by atoms with Crippen LogP contribution in [0.15, 0.2) is 54.6 Å². The van der Waals surface area contributed by atoms with Crippen LogP contribution in [-0.4, -0.2) is 10.2 Å². The molecular weight excluding hydrogens is 272 g/mol. The summed E-state index contributed by atoms with van der Waals surface area (Å²) in [6.45, 7) is 0. The summed E-state index contributed by atoms with van der Waals surface area (Å²) in [5.74, 6) is 0. The van der Waals surface area contributed by atoms with Crippen LogP contribution in [0.1, 0.15) is 29.2 Å². The summed E-state index contributed by atoms with van der Waals surface area (Å²) in [5.41, 5.74) is 3.92. The maximum Gasteiger partial charge on any atom is 0.121 e. The van der Waals surface area contributed by atoms with Crippen LogP contribution >= 0.6 is 0 Å². The van der Waals surface area contributed by atoms with Gasteiger partial charge in [-0.25, -0.2) is 0 Å². The molecule has 0 fully saturated rings. The van der Waals surface area contributed by atoms with E-state index in [9.17, 15) is 10.2 Å². The molecule has 2 N–H and O–H groups in total. The molecule has 0 saturated heterocycles. The van der Waals surface area contributed by atoms with Gasteiger partial charge in [0.05, 0.1) is 0 Å². The minimum Gasteiger partial charge on any atom is -0.385 e. The predicted octanol–water partition coefficient (Wildman–Crippen LogP) is 3.69. The molecule has 0 radical (unpaired) electrons. The minimum atomic E-state index is -1.18. The fourth-order valence-electron chi connectivity index (χ4n) is 4.30. The Balaban J connectivity index is 2.01. The van der Waals surface area contributed by atoms with Gasteiger partial charge in [-0.2, -0.15) is 0 Å². The van der Waals surface area contributed by atoms with Crippen molar-refractivity contribution in [2.75, 3.05) is 0 Å². The van der Waals surface area contributed by atoms with E-state index < -0.39 is 11.7 Å². The van der Waals surface area contributed by atoms with E-state index >= 15 is 0 Å². The van der Waals surface area contributed by atoms with Gasteiger partial charge in [0.15, 0.2) is 0 Å². The maximum absolute atomic E-state index is 11.3. The number of hydrogen-bond acceptors (Lipinski definition) is 2. The average Bonchev–Trinajstić information content (AvgIpc) is 2.57. The number of aryl methyl sites for hydroxylation is 1. The lowest BCUT2D eigenvalue weighted by Crippen LogP contribution is -2.39. The summed E-state index contributed by atoms with van der Waals surface area (Å²) in [6.07, 6.45) is 0.491. The number of fused-ring (bicyclic) bond motifs is 2. The standard InChI is InChI=1S/C20H16O2/c21-19-16-7-2-1-6-14(16)15-9-8-12-4-3-5-13-10-11-20(19,22)18(15)17(12)13/h1-9,19,21-22H,10-11H2/t19-,20+/m0/s1. The third-order valence-corrected chi connectivity index (χ3v) is 5.34. The Morgan fingerprint density at radius 3 is 2.68 bits per heavy atom. The molecule has 2 aliphatic rings. The highest BCUT2D eigenvalue weighted by atomic mass is 16.3. The van der Waals surface area contributed by atoms with Gasteiger partial charge in [0.25, 0.3) is 0 Å². The largest absolute Gasteiger partial charge is 0.385 e. The first-order valence-electron chi connectivity index (χ1n) is 7.75. The van der Waals surface area contributed by atoms with Crippen molar-refractivity contribution in [1.29, 1.82) is 0 Å². The highest BCUT2D eigenvalue weighted by Gasteiger charge is 2.47. The number of benzene rings is 3. The lowest BCUT2D eigenvalue weighted by molar-refractivity contribution is -0.0905. The number of aliphatic hydroxyl groups is 2. The Bertz CT molecular complexity index is 928. The Kier molecular flexibility index (Phi) is 2.24. The predicted molar refractivity (Wildman–Crippen MR) is 86.6 cm³/mol. The zero-order valence-corrected chi connectivity index (χ0v) is 12.1. The monoisotopic (exact) mass is 288 g/mol. The van der Waals surface area contributed by atoms with Gasteiger partial charge < -0.3 is 10.2 Å². The van der Waals surface area contributed by atoms with E-state index in [2.05, 4.69) is 30.3 Å². The molecule has 2 atom stereocenters. The van der Waals surface area contributed by atoms with Gasteiger partial charge in [-0.15, -0.1) is 0 Å². The molecule has 2 nitrogen and oxygen atoms in total. The third-order valence-electron chi connectivity index (χ3n) is 5.34. The van der Waals surface area contributed by atoms with Crippen LogP contribution in [0, 0.1) is 0 Å². The van der Waals surface area contributed by atoms with Crippen molar-refractivity contribution in [3.63, 3.8) is 0 Å². The van der Waals surface area contributed by atoms with E-state index in [1.807, 2.05) is 24.3 Å². The van der Waals surface area contributed by atoms with Crippen molar-refractivity contribution in [2.45, 2.75) is 24.5 Å². The van der Waals surface area contributed by atoms with E-state index in [1.54, 1.807) is 0 Å². The Labute approximate surface area is 128 Å². The van der Waals surface area contributed by atoms with Gasteiger partial charge in [-0.05, 0) is 45.9 Å². The van der Waals surface area contributed by atoms with Crippen molar-refractivity contribution in [3.8, 4) is 11.1 Å². The SMILES string of the molecule is O[C@H]1c2ccccc2-c2ccc3cccc4c3c2[C@]1(O)CC4. The lowest BCUT2D eigenvalue weighted by Gasteiger charge is -2.43. The highest BCUT2D eigenvalue weighted by molar-refractivity contribution is 5.97. The smallest absolute Gasteiger partial charge is 0.121 e. The average molecular weight is 288 g/mol. The van der Waals surface area contributed by atoms with E-state index in [-0.39, 0.29) is 0 Å². The third kappa shape index (κ3) is 1.32. The molecule has 5 rings (SSSR count). The Morgan fingerprint density at radius 2 is 1.77 bits per heavy atom. The van der Waals surface area contributed by atoms with Crippen LogP contribution in [0.3, 0.4) is 0 Å². The van der Waals surface area contributed by atoms with Crippen molar-refractivity contribution in [3.05, 3.63) is 71.3 Å². The van der Waals surface area contributed by atoms with Gasteiger partial charge in [-0.1, -0.05) is 54.6 Å². The van der Waals surface area contributed by atoms with E-state index in [0.717, 1.165) is 39.4 Å². The maximum atomic E-state index is 11.3. The molecule has 0 unspecified atom stereocenters. The molecule has 0 aromatic heterocycles. The summed E-state index contributed by atoms with van der Waals surface area (Å²) >= 11 is 0. The molecule has 22 heavy (non-hydrogen) atoms. The summed E-state index contributed by atoms with van der Waals surface area (Å²) in [4.78, 5) is 0. The van der Waals surface area contributed by atoms with Crippen LogP contribution < -0.4 is 0 Å². The van der Waals surface area contributed by atoms with Crippen molar-refractivity contribution >= 4 is 10.8 Å². The molecule has 0 bridgehead atoms. The van der Waals surface area contributed by atoms with Crippen LogP contribution in [-0.2, 0) is 12.0 Å². The van der Waals surface area contributed by atoms with Gasteiger partial charge in [0.1, 0.15) is 11.7 Å². The molecule has 3 aromatic carbocycles. The van der Waals surface area contributed by atoms with E-state index in [0.29, 0.717) is 6.42 Å². The lowest BCUT2D eigenvalue weighted by atomic mass is 9.66. The van der Waals surface area contributed by atoms with Crippen molar-refractivity contribution < 1.29 is 10.2 Å². The molecule has 0 aliphatic heterocycles. The number of aliphatic hydroxyl groups excluding tert-OH is 1. The second kappa shape index (κ2) is 3.97. The van der Waals surface area contributed by atoms with Gasteiger partial charge >= 0.3 is 0 Å². The topological polar surface area (TPSA) is 40.5 Å². The summed E-state index contributed by atoms with van der Waals surface area (Å²) in [6, 6.07) is 18.4. The van der Waals surface area contributed by atoms with Gasteiger partial charge in [0, 0.05) is 5.56 Å². The first kappa shape index (κ1) is 12.4. The normalized spacial score (nSPS) is 25.1. The Morgan fingerprint density at radius 1 is 0.909 bits per heavy atom. The molecule has 2 heteroatoms. The number of hydrogen-bond donors (Lipinski definition) is 2. The summed E-state index contributed by atoms with van der Waals surface area (Å²) in [5, 5.41) is 24.5. The summed E-state index contributed by atoms with van der Waals surface area (Å²) in [7, 11) is 0. The van der Waals surface area contributed by atoms with Crippen molar-refractivity contribution in [2.24, 2.45) is 0 Å². The fraction of sp³-hybridized carbons (Fsp3) is 0.200. The quantitative estimate of drug-likeness (QED) is 0.662. The highest BCUT2D eigenvalue weighted by Crippen LogP contribution is 2.54. The second-order valence-electron chi connectivity index (χ2n) is 6.42. The van der Waals surface area contributed by atoms with E-state index in [4.69, 9.17) is 0 Å². The zero-order valence-electron chi connectivity index (χ0n) is 12.1. The van der Waals surface area contributed by atoms with E-state index in [1.165, 1.54) is 5.56 Å². The Hall–Kier alpha value is -2.16. The summed E-state index contributed by atoms with van der Waals surface area (Å²) < 4.78 is 0. The van der Waals surface area contributed by atoms with Gasteiger partial charge in [-0.3, -0.25) is 0 Å². The molecule has 0 heterocycles. The van der Waals surface area contributed by atoms with Crippen LogP contribution in [0.2, 0.25) is 0 Å². The molecule has 0 amide bonds. The zero-order chi connectivity index (χ0) is 14.9. The second-order valence-corrected chi connectivity index (χ2v) is 6.42. The first-order valence-corrected chi connectivity index (χ1v) is 7.75. The molecule has 0 spiro atoms. The first-order chi connectivity index (χ1) is 10.7. The minimum absolute atomic E-state index is 0.561. The molecule has 3 aromatic rings. The van der Waals surface area contributed by atoms with Crippen LogP contribution in [0.5, 0.6) is 0 Å². The fourth-order valence-corrected chi connectivity index (χ4v) is 4.30. The number of rotatable bonds is 0. The molecular formula is C20H16O2. The molecule has 108 valence electrons. The van der Waals surface area contributed by atoms with Crippen LogP contribution in [0.4, 0.5) is 0 Å². The van der Waals surface area contributed by atoms with Crippen LogP contribution in [0.25, 0.3) is 21.9 Å². The molecule has 2 aliphatic carbocycles.